The summed E-state index contributed by atoms with van der Waals surface area (Å²) in [5, 5.41) is 3.36. The van der Waals surface area contributed by atoms with Crippen molar-refractivity contribution in [2.45, 2.75) is 25.2 Å². The normalized spacial score (nSPS) is 17.4. The van der Waals surface area contributed by atoms with Crippen LogP contribution in [0.2, 0.25) is 0 Å². The molecule has 3 nitrogen and oxygen atoms in total. The summed E-state index contributed by atoms with van der Waals surface area (Å²) in [5.74, 6) is 0.200. The molecule has 3 heteroatoms. The molecule has 1 fully saturated rings. The van der Waals surface area contributed by atoms with Gasteiger partial charge in [-0.25, -0.2) is 0 Å². The SMILES string of the molecule is Cc1cncc(C(=O)C2(c3ccccc3)CCNCC2)c1. The van der Waals surface area contributed by atoms with Crippen LogP contribution < -0.4 is 5.32 Å². The topological polar surface area (TPSA) is 42.0 Å². The molecule has 3 rings (SSSR count). The quantitative estimate of drug-likeness (QED) is 0.879. The molecule has 0 amide bonds. The molecular weight excluding hydrogens is 260 g/mol. The van der Waals surface area contributed by atoms with Gasteiger partial charge in [0, 0.05) is 18.0 Å². The highest BCUT2D eigenvalue weighted by Crippen LogP contribution is 2.36. The lowest BCUT2D eigenvalue weighted by atomic mass is 9.68. The fraction of sp³-hybridized carbons (Fsp3) is 0.333. The summed E-state index contributed by atoms with van der Waals surface area (Å²) in [6.45, 7) is 3.72. The van der Waals surface area contributed by atoms with Gasteiger partial charge in [0.15, 0.2) is 5.78 Å². The Morgan fingerprint density at radius 3 is 2.52 bits per heavy atom. The zero-order chi connectivity index (χ0) is 14.7. The average Bonchev–Trinajstić information content (AvgIpc) is 2.55. The largest absolute Gasteiger partial charge is 0.317 e. The molecule has 0 radical (unpaired) electrons. The lowest BCUT2D eigenvalue weighted by molar-refractivity contribution is 0.0847. The van der Waals surface area contributed by atoms with Crippen LogP contribution in [-0.2, 0) is 5.41 Å². The molecule has 0 spiro atoms. The molecule has 1 aliphatic heterocycles. The molecular formula is C18H20N2O. The van der Waals surface area contributed by atoms with Crippen LogP contribution in [0.3, 0.4) is 0 Å². The maximum Gasteiger partial charge on any atom is 0.175 e. The van der Waals surface area contributed by atoms with Gasteiger partial charge >= 0.3 is 0 Å². The first-order chi connectivity index (χ1) is 10.2. The van der Waals surface area contributed by atoms with E-state index in [-0.39, 0.29) is 5.78 Å². The van der Waals surface area contributed by atoms with E-state index in [1.807, 2.05) is 31.2 Å². The van der Waals surface area contributed by atoms with Crippen molar-refractivity contribution in [3.05, 3.63) is 65.5 Å². The third-order valence-corrected chi connectivity index (χ3v) is 4.36. The molecule has 2 heterocycles. The standard InChI is InChI=1S/C18H20N2O/c1-14-11-15(13-20-12-14)17(21)18(7-9-19-10-8-18)16-5-3-2-4-6-16/h2-6,11-13,19H,7-10H2,1H3. The molecule has 21 heavy (non-hydrogen) atoms. The fourth-order valence-corrected chi connectivity index (χ4v) is 3.21. The van der Waals surface area contributed by atoms with Crippen molar-refractivity contribution < 1.29 is 4.79 Å². The van der Waals surface area contributed by atoms with Crippen LogP contribution >= 0.6 is 0 Å². The number of Topliss-reactive ketones (excluding diaryl/α,β-unsaturated/α-hetero) is 1. The van der Waals surface area contributed by atoms with Crippen LogP contribution in [0.5, 0.6) is 0 Å². The van der Waals surface area contributed by atoms with Gasteiger partial charge in [0.05, 0.1) is 5.41 Å². The highest BCUT2D eigenvalue weighted by molar-refractivity contribution is 6.04. The number of piperidine rings is 1. The van der Waals surface area contributed by atoms with Crippen molar-refractivity contribution in [2.24, 2.45) is 0 Å². The van der Waals surface area contributed by atoms with Crippen molar-refractivity contribution in [1.82, 2.24) is 10.3 Å². The molecule has 0 saturated carbocycles. The minimum atomic E-state index is -0.415. The Morgan fingerprint density at radius 2 is 1.86 bits per heavy atom. The maximum atomic E-state index is 13.2. The molecule has 108 valence electrons. The number of aromatic nitrogens is 1. The smallest absolute Gasteiger partial charge is 0.175 e. The van der Waals surface area contributed by atoms with Crippen LogP contribution in [0, 0.1) is 6.92 Å². The van der Waals surface area contributed by atoms with Gasteiger partial charge in [-0.15, -0.1) is 0 Å². The van der Waals surface area contributed by atoms with E-state index in [9.17, 15) is 4.79 Å². The number of pyridine rings is 1. The molecule has 0 unspecified atom stereocenters. The Labute approximate surface area is 125 Å². The molecule has 0 atom stereocenters. The number of nitrogens with zero attached hydrogens (tertiary/aromatic N) is 1. The summed E-state index contributed by atoms with van der Waals surface area (Å²) in [5.41, 5.74) is 2.46. The Bertz CT molecular complexity index is 631. The van der Waals surface area contributed by atoms with E-state index < -0.39 is 5.41 Å². The molecule has 0 aliphatic carbocycles. The molecule has 1 saturated heterocycles. The van der Waals surface area contributed by atoms with E-state index in [0.29, 0.717) is 0 Å². The highest BCUT2D eigenvalue weighted by Gasteiger charge is 2.41. The third-order valence-electron chi connectivity index (χ3n) is 4.36. The fourth-order valence-electron chi connectivity index (χ4n) is 3.21. The lowest BCUT2D eigenvalue weighted by Gasteiger charge is -2.36. The molecule has 2 aromatic rings. The zero-order valence-corrected chi connectivity index (χ0v) is 12.3. The van der Waals surface area contributed by atoms with E-state index in [1.165, 1.54) is 0 Å². The zero-order valence-electron chi connectivity index (χ0n) is 12.3. The Hall–Kier alpha value is -2.00. The van der Waals surface area contributed by atoms with E-state index in [1.54, 1.807) is 12.4 Å². The molecule has 1 aliphatic rings. The minimum absolute atomic E-state index is 0.200. The maximum absolute atomic E-state index is 13.2. The van der Waals surface area contributed by atoms with E-state index in [2.05, 4.69) is 22.4 Å². The second-order valence-corrected chi connectivity index (χ2v) is 5.78. The van der Waals surface area contributed by atoms with Crippen LogP contribution in [0.4, 0.5) is 0 Å². The van der Waals surface area contributed by atoms with Gasteiger partial charge in [-0.2, -0.15) is 0 Å². The first-order valence-electron chi connectivity index (χ1n) is 7.45. The molecule has 1 N–H and O–H groups in total. The van der Waals surface area contributed by atoms with Gasteiger partial charge < -0.3 is 5.32 Å². The highest BCUT2D eigenvalue weighted by atomic mass is 16.1. The third kappa shape index (κ3) is 2.61. The average molecular weight is 280 g/mol. The van der Waals surface area contributed by atoms with Gasteiger partial charge in [-0.1, -0.05) is 30.3 Å². The predicted molar refractivity (Wildman–Crippen MR) is 83.5 cm³/mol. The van der Waals surface area contributed by atoms with Crippen LogP contribution in [-0.4, -0.2) is 23.9 Å². The first kappa shape index (κ1) is 14.0. The van der Waals surface area contributed by atoms with Crippen molar-refractivity contribution in [3.63, 3.8) is 0 Å². The summed E-state index contributed by atoms with van der Waals surface area (Å²) < 4.78 is 0. The predicted octanol–water partition coefficient (Wildman–Crippen LogP) is 2.89. The summed E-state index contributed by atoms with van der Waals surface area (Å²) in [6.07, 6.45) is 5.16. The number of nitrogens with one attached hydrogen (secondary N) is 1. The minimum Gasteiger partial charge on any atom is -0.317 e. The number of ketones is 1. The van der Waals surface area contributed by atoms with Crippen molar-refractivity contribution in [3.8, 4) is 0 Å². The van der Waals surface area contributed by atoms with Gasteiger partial charge in [-0.3, -0.25) is 9.78 Å². The van der Waals surface area contributed by atoms with Gasteiger partial charge in [-0.05, 0) is 50.0 Å². The number of rotatable bonds is 3. The van der Waals surface area contributed by atoms with Crippen LogP contribution in [0.1, 0.15) is 34.3 Å². The first-order valence-corrected chi connectivity index (χ1v) is 7.45. The number of hydrogen-bond acceptors (Lipinski definition) is 3. The molecule has 0 bridgehead atoms. The summed E-state index contributed by atoms with van der Waals surface area (Å²) in [4.78, 5) is 17.4. The van der Waals surface area contributed by atoms with Gasteiger partial charge in [0.1, 0.15) is 0 Å². The number of benzene rings is 1. The van der Waals surface area contributed by atoms with Crippen LogP contribution in [0.25, 0.3) is 0 Å². The summed E-state index contributed by atoms with van der Waals surface area (Å²) >= 11 is 0. The summed E-state index contributed by atoms with van der Waals surface area (Å²) in [7, 11) is 0. The Balaban J connectivity index is 2.06. The van der Waals surface area contributed by atoms with Gasteiger partial charge in [0.25, 0.3) is 0 Å². The van der Waals surface area contributed by atoms with Gasteiger partial charge in [0.2, 0.25) is 0 Å². The number of aryl methyl sites for hydroxylation is 1. The Kier molecular flexibility index (Phi) is 3.84. The monoisotopic (exact) mass is 280 g/mol. The van der Waals surface area contributed by atoms with E-state index in [0.717, 1.165) is 42.6 Å². The number of carbonyl (C=O) groups is 1. The Morgan fingerprint density at radius 1 is 1.14 bits per heavy atom. The molecule has 1 aromatic carbocycles. The summed E-state index contributed by atoms with van der Waals surface area (Å²) in [6, 6.07) is 12.1. The van der Waals surface area contributed by atoms with E-state index >= 15 is 0 Å². The molecule has 1 aromatic heterocycles. The second kappa shape index (κ2) is 5.78. The second-order valence-electron chi connectivity index (χ2n) is 5.78. The van der Waals surface area contributed by atoms with Crippen LogP contribution in [0.15, 0.2) is 48.8 Å². The van der Waals surface area contributed by atoms with Crippen molar-refractivity contribution >= 4 is 5.78 Å². The van der Waals surface area contributed by atoms with Crippen molar-refractivity contribution in [1.29, 1.82) is 0 Å². The lowest BCUT2D eigenvalue weighted by Crippen LogP contribution is -2.45. The number of hydrogen-bond donors (Lipinski definition) is 1. The van der Waals surface area contributed by atoms with E-state index in [4.69, 9.17) is 0 Å². The van der Waals surface area contributed by atoms with Crippen molar-refractivity contribution in [2.75, 3.05) is 13.1 Å². The number of carbonyl (C=O) groups excluding carboxylic acids is 1.